The zero-order chi connectivity index (χ0) is 18.4. The Bertz CT molecular complexity index is 859. The molecule has 0 saturated carbocycles. The van der Waals surface area contributed by atoms with Crippen LogP contribution in [0.2, 0.25) is 5.02 Å². The Morgan fingerprint density at radius 1 is 1.19 bits per heavy atom. The number of aromatic hydroxyl groups is 1. The predicted molar refractivity (Wildman–Crippen MR) is 99.4 cm³/mol. The summed E-state index contributed by atoms with van der Waals surface area (Å²) < 4.78 is 13.3. The monoisotopic (exact) mass is 374 g/mol. The van der Waals surface area contributed by atoms with Gasteiger partial charge in [0.15, 0.2) is 0 Å². The summed E-state index contributed by atoms with van der Waals surface area (Å²) in [6.45, 7) is 3.02. The van der Waals surface area contributed by atoms with Crippen LogP contribution in [0.25, 0.3) is 0 Å². The maximum atomic E-state index is 13.3. The standard InChI is InChI=1S/C20H20ClFN2O2/c1-12-3-2-4-18(19(12)25)24-14-6-7-15(24)11-23(10-14)20(26)16-8-5-13(22)9-17(16)21/h2-5,8-9,14-15,25H,6-7,10-11H2,1H3. The van der Waals surface area contributed by atoms with E-state index in [1.165, 1.54) is 18.2 Å². The van der Waals surface area contributed by atoms with Crippen LogP contribution in [-0.2, 0) is 0 Å². The number of carbonyl (C=O) groups excluding carboxylic acids is 1. The van der Waals surface area contributed by atoms with Crippen LogP contribution in [0.4, 0.5) is 10.1 Å². The minimum Gasteiger partial charge on any atom is -0.505 e. The van der Waals surface area contributed by atoms with Gasteiger partial charge in [-0.2, -0.15) is 0 Å². The lowest BCUT2D eigenvalue weighted by atomic mass is 10.1. The van der Waals surface area contributed by atoms with Crippen LogP contribution in [0, 0.1) is 12.7 Å². The fourth-order valence-corrected chi connectivity index (χ4v) is 4.40. The number of phenolic OH excluding ortho intramolecular Hbond substituents is 1. The highest BCUT2D eigenvalue weighted by atomic mass is 35.5. The molecule has 2 fully saturated rings. The topological polar surface area (TPSA) is 43.8 Å². The number of rotatable bonds is 2. The van der Waals surface area contributed by atoms with E-state index in [4.69, 9.17) is 11.6 Å². The molecule has 2 aromatic carbocycles. The van der Waals surface area contributed by atoms with Gasteiger partial charge < -0.3 is 14.9 Å². The second kappa shape index (κ2) is 6.47. The molecule has 1 amide bonds. The molecule has 4 rings (SSSR count). The van der Waals surface area contributed by atoms with E-state index in [2.05, 4.69) is 4.90 Å². The summed E-state index contributed by atoms with van der Waals surface area (Å²) in [6, 6.07) is 9.95. The minimum absolute atomic E-state index is 0.140. The van der Waals surface area contributed by atoms with Crippen molar-refractivity contribution in [2.45, 2.75) is 31.8 Å². The van der Waals surface area contributed by atoms with Gasteiger partial charge in [-0.1, -0.05) is 23.7 Å². The molecule has 0 aliphatic carbocycles. The van der Waals surface area contributed by atoms with Crippen LogP contribution in [-0.4, -0.2) is 41.1 Å². The molecule has 2 aliphatic heterocycles. The Kier molecular flexibility index (Phi) is 4.27. The Balaban J connectivity index is 1.58. The Morgan fingerprint density at radius 3 is 2.54 bits per heavy atom. The summed E-state index contributed by atoms with van der Waals surface area (Å²) in [6.07, 6.45) is 1.94. The number of amides is 1. The fraction of sp³-hybridized carbons (Fsp3) is 0.350. The normalized spacial score (nSPS) is 22.0. The van der Waals surface area contributed by atoms with Crippen LogP contribution < -0.4 is 4.90 Å². The van der Waals surface area contributed by atoms with Crippen LogP contribution in [0.15, 0.2) is 36.4 Å². The third kappa shape index (κ3) is 2.80. The van der Waals surface area contributed by atoms with E-state index >= 15 is 0 Å². The summed E-state index contributed by atoms with van der Waals surface area (Å²) in [5.74, 6) is -0.308. The van der Waals surface area contributed by atoms with E-state index < -0.39 is 5.82 Å². The number of phenols is 1. The van der Waals surface area contributed by atoms with Crippen molar-refractivity contribution < 1.29 is 14.3 Å². The van der Waals surface area contributed by atoms with Crippen molar-refractivity contribution in [2.75, 3.05) is 18.0 Å². The van der Waals surface area contributed by atoms with Crippen molar-refractivity contribution in [2.24, 2.45) is 0 Å². The molecule has 2 unspecified atom stereocenters. The number of anilines is 1. The molecule has 4 nitrogen and oxygen atoms in total. The van der Waals surface area contributed by atoms with Crippen LogP contribution >= 0.6 is 11.6 Å². The zero-order valence-electron chi connectivity index (χ0n) is 14.5. The van der Waals surface area contributed by atoms with Gasteiger partial charge in [-0.3, -0.25) is 4.79 Å². The van der Waals surface area contributed by atoms with Crippen LogP contribution in [0.1, 0.15) is 28.8 Å². The number of hydrogen-bond donors (Lipinski definition) is 1. The van der Waals surface area contributed by atoms with Crippen molar-refractivity contribution >= 4 is 23.2 Å². The first-order chi connectivity index (χ1) is 12.5. The quantitative estimate of drug-likeness (QED) is 0.864. The van der Waals surface area contributed by atoms with Crippen molar-refractivity contribution in [1.82, 2.24) is 4.90 Å². The van der Waals surface area contributed by atoms with E-state index in [1.807, 2.05) is 25.1 Å². The van der Waals surface area contributed by atoms with Gasteiger partial charge in [-0.25, -0.2) is 4.39 Å². The lowest BCUT2D eigenvalue weighted by Crippen LogP contribution is -2.55. The van der Waals surface area contributed by atoms with E-state index in [-0.39, 0.29) is 23.0 Å². The van der Waals surface area contributed by atoms with Crippen LogP contribution in [0.5, 0.6) is 5.75 Å². The second-order valence-electron chi connectivity index (χ2n) is 7.07. The Morgan fingerprint density at radius 2 is 1.88 bits per heavy atom. The minimum atomic E-state index is -0.452. The molecule has 2 heterocycles. The van der Waals surface area contributed by atoms with Gasteiger partial charge in [0.05, 0.1) is 16.3 Å². The van der Waals surface area contributed by atoms with Crippen molar-refractivity contribution in [3.63, 3.8) is 0 Å². The largest absolute Gasteiger partial charge is 0.505 e. The molecule has 26 heavy (non-hydrogen) atoms. The van der Waals surface area contributed by atoms with E-state index in [0.29, 0.717) is 24.4 Å². The van der Waals surface area contributed by atoms with E-state index in [0.717, 1.165) is 24.1 Å². The van der Waals surface area contributed by atoms with Crippen molar-refractivity contribution in [1.29, 1.82) is 0 Å². The highest BCUT2D eigenvalue weighted by Gasteiger charge is 2.42. The maximum absolute atomic E-state index is 13.3. The molecule has 2 aromatic rings. The third-order valence-corrected chi connectivity index (χ3v) is 5.74. The number of aryl methyl sites for hydroxylation is 1. The molecule has 2 aliphatic rings. The summed E-state index contributed by atoms with van der Waals surface area (Å²) >= 11 is 6.06. The number of benzene rings is 2. The molecular weight excluding hydrogens is 355 g/mol. The van der Waals surface area contributed by atoms with Crippen molar-refractivity contribution in [3.8, 4) is 5.75 Å². The number of hydrogen-bond acceptors (Lipinski definition) is 3. The third-order valence-electron chi connectivity index (χ3n) is 5.43. The average Bonchev–Trinajstić information content (AvgIpc) is 2.86. The number of nitrogens with zero attached hydrogens (tertiary/aromatic N) is 2. The maximum Gasteiger partial charge on any atom is 0.255 e. The first-order valence-electron chi connectivity index (χ1n) is 8.77. The summed E-state index contributed by atoms with van der Waals surface area (Å²) in [7, 11) is 0. The van der Waals surface area contributed by atoms with Gasteiger partial charge in [0.1, 0.15) is 11.6 Å². The average molecular weight is 375 g/mol. The predicted octanol–water partition coefficient (Wildman–Crippen LogP) is 3.99. The fourth-order valence-electron chi connectivity index (χ4n) is 4.15. The number of para-hydroxylation sites is 1. The molecule has 1 N–H and O–H groups in total. The van der Waals surface area contributed by atoms with Crippen molar-refractivity contribution in [3.05, 3.63) is 58.4 Å². The SMILES string of the molecule is Cc1cccc(N2C3CCC2CN(C(=O)c2ccc(F)cc2Cl)C3)c1O. The molecule has 2 bridgehead atoms. The molecule has 2 atom stereocenters. The molecule has 6 heteroatoms. The number of likely N-dealkylation sites (tertiary alicyclic amines) is 1. The summed E-state index contributed by atoms with van der Waals surface area (Å²) in [4.78, 5) is 16.9. The Labute approximate surface area is 156 Å². The molecule has 136 valence electrons. The smallest absolute Gasteiger partial charge is 0.255 e. The van der Waals surface area contributed by atoms with Crippen LogP contribution in [0.3, 0.4) is 0 Å². The van der Waals surface area contributed by atoms with E-state index in [9.17, 15) is 14.3 Å². The number of carbonyl (C=O) groups is 1. The molecule has 0 spiro atoms. The lowest BCUT2D eigenvalue weighted by molar-refractivity contribution is 0.0718. The highest BCUT2D eigenvalue weighted by Crippen LogP contribution is 2.40. The first kappa shape index (κ1) is 17.2. The number of piperazine rings is 1. The zero-order valence-corrected chi connectivity index (χ0v) is 15.2. The number of halogens is 2. The van der Waals surface area contributed by atoms with E-state index in [1.54, 1.807) is 4.90 Å². The number of fused-ring (bicyclic) bond motifs is 2. The summed E-state index contributed by atoms with van der Waals surface area (Å²) in [5, 5.41) is 10.6. The first-order valence-corrected chi connectivity index (χ1v) is 9.14. The molecule has 0 radical (unpaired) electrons. The second-order valence-corrected chi connectivity index (χ2v) is 7.48. The summed E-state index contributed by atoms with van der Waals surface area (Å²) in [5.41, 5.74) is 2.02. The van der Waals surface area contributed by atoms with Gasteiger partial charge in [0.25, 0.3) is 5.91 Å². The Hall–Kier alpha value is -2.27. The van der Waals surface area contributed by atoms with Gasteiger partial charge in [0, 0.05) is 25.2 Å². The lowest BCUT2D eigenvalue weighted by Gasteiger charge is -2.42. The van der Waals surface area contributed by atoms with Gasteiger partial charge in [-0.05, 0) is 49.6 Å². The van der Waals surface area contributed by atoms with Gasteiger partial charge in [-0.15, -0.1) is 0 Å². The molecule has 0 aromatic heterocycles. The highest BCUT2D eigenvalue weighted by molar-refractivity contribution is 6.33. The van der Waals surface area contributed by atoms with Gasteiger partial charge >= 0.3 is 0 Å². The molecular formula is C20H20ClFN2O2. The van der Waals surface area contributed by atoms with Gasteiger partial charge in [0.2, 0.25) is 0 Å². The molecule has 2 saturated heterocycles.